The monoisotopic (exact) mass is 422 g/mol. The van der Waals surface area contributed by atoms with Crippen molar-refractivity contribution in [1.82, 2.24) is 0 Å². The summed E-state index contributed by atoms with van der Waals surface area (Å²) in [6.07, 6.45) is 1.10. The fourth-order valence-corrected chi connectivity index (χ4v) is 3.61. The minimum atomic E-state index is 1.10. The molecule has 0 atom stereocenters. The average molecular weight is 422 g/mol. The van der Waals surface area contributed by atoms with Crippen molar-refractivity contribution in [2.24, 2.45) is 0 Å². The highest BCUT2D eigenvalue weighted by Crippen LogP contribution is 2.31. The van der Waals surface area contributed by atoms with Crippen molar-refractivity contribution >= 4 is 56.0 Å². The maximum absolute atomic E-state index is 2.44. The van der Waals surface area contributed by atoms with Crippen molar-refractivity contribution in [2.45, 2.75) is 20.3 Å². The van der Waals surface area contributed by atoms with Crippen molar-refractivity contribution < 1.29 is 0 Å². The van der Waals surface area contributed by atoms with E-state index in [0.29, 0.717) is 0 Å². The van der Waals surface area contributed by atoms with Gasteiger partial charge in [-0.15, -0.1) is 0 Å². The highest BCUT2D eigenvalue weighted by Gasteiger charge is 2.08. The van der Waals surface area contributed by atoms with Crippen LogP contribution in [0.1, 0.15) is 18.1 Å². The summed E-state index contributed by atoms with van der Waals surface area (Å²) >= 11 is 4.87. The van der Waals surface area contributed by atoms with Gasteiger partial charge in [0, 0.05) is 7.14 Å². The predicted molar refractivity (Wildman–Crippen MR) is 83.5 cm³/mol. The van der Waals surface area contributed by atoms with Gasteiger partial charge in [0.15, 0.2) is 0 Å². The van der Waals surface area contributed by atoms with Crippen LogP contribution in [0.15, 0.2) is 24.3 Å². The first-order chi connectivity index (χ1) is 7.15. The fraction of sp³-hybridized carbons (Fsp3) is 0.231. The van der Waals surface area contributed by atoms with Crippen LogP contribution in [0.5, 0.6) is 0 Å². The van der Waals surface area contributed by atoms with Crippen LogP contribution in [0.2, 0.25) is 0 Å². The molecule has 0 aromatic heterocycles. The van der Waals surface area contributed by atoms with E-state index >= 15 is 0 Å². The largest absolute Gasteiger partial charge is 0.0613 e. The minimum Gasteiger partial charge on any atom is -0.0613 e. The molecule has 0 N–H and O–H groups in total. The van der Waals surface area contributed by atoms with E-state index in [9.17, 15) is 0 Å². The average Bonchev–Trinajstić information content (AvgIpc) is 2.23. The maximum atomic E-state index is 2.44. The zero-order chi connectivity index (χ0) is 11.0. The Balaban J connectivity index is 2.99. The van der Waals surface area contributed by atoms with Gasteiger partial charge in [0.05, 0.1) is 0 Å². The molecular weight excluding hydrogens is 410 g/mol. The van der Waals surface area contributed by atoms with Gasteiger partial charge in [-0.3, -0.25) is 0 Å². The molecule has 0 aliphatic heterocycles. The Morgan fingerprint density at radius 3 is 2.13 bits per heavy atom. The standard InChI is InChI=1S/C13H12I2/c1-3-9-5-4-8(2)12-10(14)6-7-11(15)13(9)12/h4-7H,3H2,1-2H3. The molecule has 0 amide bonds. The molecule has 0 aliphatic rings. The number of hydrogen-bond donors (Lipinski definition) is 0. The number of aryl methyl sites for hydroxylation is 2. The van der Waals surface area contributed by atoms with Crippen molar-refractivity contribution in [1.29, 1.82) is 0 Å². The van der Waals surface area contributed by atoms with Crippen LogP contribution in [0, 0.1) is 14.1 Å². The third-order valence-electron chi connectivity index (χ3n) is 2.73. The molecule has 78 valence electrons. The number of halogens is 2. The van der Waals surface area contributed by atoms with Gasteiger partial charge in [-0.25, -0.2) is 0 Å². The Bertz CT molecular complexity index is 507. The molecule has 0 fully saturated rings. The van der Waals surface area contributed by atoms with Gasteiger partial charge in [0.2, 0.25) is 0 Å². The molecule has 0 spiro atoms. The molecular formula is C13H12I2. The molecule has 2 heteroatoms. The first-order valence-corrected chi connectivity index (χ1v) is 7.17. The van der Waals surface area contributed by atoms with Gasteiger partial charge < -0.3 is 0 Å². The first-order valence-electron chi connectivity index (χ1n) is 5.01. The van der Waals surface area contributed by atoms with Crippen LogP contribution in [-0.2, 0) is 6.42 Å². The van der Waals surface area contributed by atoms with Gasteiger partial charge >= 0.3 is 0 Å². The Morgan fingerprint density at radius 2 is 1.53 bits per heavy atom. The topological polar surface area (TPSA) is 0 Å². The fourth-order valence-electron chi connectivity index (χ4n) is 1.94. The zero-order valence-corrected chi connectivity index (χ0v) is 13.1. The quantitative estimate of drug-likeness (QED) is 0.573. The molecule has 0 unspecified atom stereocenters. The molecule has 0 saturated carbocycles. The predicted octanol–water partition coefficient (Wildman–Crippen LogP) is 4.92. The summed E-state index contributed by atoms with van der Waals surface area (Å²) in [5.74, 6) is 0. The van der Waals surface area contributed by atoms with Gasteiger partial charge in [-0.05, 0) is 92.6 Å². The molecule has 2 rings (SSSR count). The van der Waals surface area contributed by atoms with Crippen molar-refractivity contribution in [3.8, 4) is 0 Å². The first kappa shape index (κ1) is 11.6. The third-order valence-corrected chi connectivity index (χ3v) is 4.53. The summed E-state index contributed by atoms with van der Waals surface area (Å²) < 4.78 is 2.72. The molecule has 2 aromatic carbocycles. The summed E-state index contributed by atoms with van der Waals surface area (Å²) in [5.41, 5.74) is 2.84. The lowest BCUT2D eigenvalue weighted by molar-refractivity contribution is 1.15. The Labute approximate surface area is 118 Å². The lowest BCUT2D eigenvalue weighted by atomic mass is 9.99. The molecule has 0 aliphatic carbocycles. The van der Waals surface area contributed by atoms with Crippen molar-refractivity contribution in [3.63, 3.8) is 0 Å². The summed E-state index contributed by atoms with van der Waals surface area (Å²) in [6, 6.07) is 8.91. The lowest BCUT2D eigenvalue weighted by Crippen LogP contribution is -1.91. The van der Waals surface area contributed by atoms with Crippen molar-refractivity contribution in [3.05, 3.63) is 42.5 Å². The summed E-state index contributed by atoms with van der Waals surface area (Å²) in [6.45, 7) is 4.42. The zero-order valence-electron chi connectivity index (χ0n) is 8.77. The third kappa shape index (κ3) is 2.02. The second-order valence-electron chi connectivity index (χ2n) is 3.67. The van der Waals surface area contributed by atoms with Crippen LogP contribution in [0.4, 0.5) is 0 Å². The summed E-state index contributed by atoms with van der Waals surface area (Å²) in [7, 11) is 0. The SMILES string of the molecule is CCc1ccc(C)c2c(I)ccc(I)c12. The second-order valence-corrected chi connectivity index (χ2v) is 6.00. The van der Waals surface area contributed by atoms with Gasteiger partial charge in [0.1, 0.15) is 0 Å². The molecule has 0 nitrogen and oxygen atoms in total. The number of fused-ring (bicyclic) bond motifs is 1. The summed E-state index contributed by atoms with van der Waals surface area (Å²) in [4.78, 5) is 0. The number of hydrogen-bond acceptors (Lipinski definition) is 0. The van der Waals surface area contributed by atoms with Crippen LogP contribution in [0.25, 0.3) is 10.8 Å². The number of benzene rings is 2. The normalized spacial score (nSPS) is 10.9. The summed E-state index contributed by atoms with van der Waals surface area (Å²) in [5, 5.41) is 2.88. The van der Waals surface area contributed by atoms with Crippen molar-refractivity contribution in [2.75, 3.05) is 0 Å². The molecule has 0 radical (unpaired) electrons. The van der Waals surface area contributed by atoms with Crippen LogP contribution >= 0.6 is 45.2 Å². The smallest absolute Gasteiger partial charge is 0.0212 e. The van der Waals surface area contributed by atoms with Gasteiger partial charge in [0.25, 0.3) is 0 Å². The number of rotatable bonds is 1. The van der Waals surface area contributed by atoms with E-state index in [2.05, 4.69) is 83.3 Å². The Morgan fingerprint density at radius 1 is 0.933 bits per heavy atom. The van der Waals surface area contributed by atoms with E-state index in [1.54, 1.807) is 0 Å². The second kappa shape index (κ2) is 4.57. The highest BCUT2D eigenvalue weighted by molar-refractivity contribution is 14.1. The molecule has 0 saturated heterocycles. The van der Waals surface area contributed by atoms with E-state index in [0.717, 1.165) is 6.42 Å². The Kier molecular flexibility index (Phi) is 3.55. The van der Waals surface area contributed by atoms with E-state index in [-0.39, 0.29) is 0 Å². The molecule has 0 heterocycles. The van der Waals surface area contributed by atoms with E-state index in [4.69, 9.17) is 0 Å². The molecule has 2 aromatic rings. The van der Waals surface area contributed by atoms with Crippen LogP contribution in [-0.4, -0.2) is 0 Å². The van der Waals surface area contributed by atoms with Crippen LogP contribution in [0.3, 0.4) is 0 Å². The van der Waals surface area contributed by atoms with Gasteiger partial charge in [-0.2, -0.15) is 0 Å². The lowest BCUT2D eigenvalue weighted by Gasteiger charge is -2.11. The van der Waals surface area contributed by atoms with E-state index < -0.39 is 0 Å². The van der Waals surface area contributed by atoms with Crippen LogP contribution < -0.4 is 0 Å². The van der Waals surface area contributed by atoms with E-state index in [1.165, 1.54) is 29.0 Å². The van der Waals surface area contributed by atoms with Gasteiger partial charge in [-0.1, -0.05) is 19.1 Å². The highest BCUT2D eigenvalue weighted by atomic mass is 127. The Hall–Kier alpha value is 0.160. The molecule has 15 heavy (non-hydrogen) atoms. The maximum Gasteiger partial charge on any atom is 0.0212 e. The van der Waals surface area contributed by atoms with E-state index in [1.807, 2.05) is 0 Å². The molecule has 0 bridgehead atoms. The minimum absolute atomic E-state index is 1.10.